The molecule has 1 aliphatic rings. The van der Waals surface area contributed by atoms with Crippen molar-refractivity contribution in [2.75, 3.05) is 6.79 Å². The van der Waals surface area contributed by atoms with Gasteiger partial charge in [-0.15, -0.1) is 0 Å². The fourth-order valence-corrected chi connectivity index (χ4v) is 4.50. The van der Waals surface area contributed by atoms with Gasteiger partial charge in [-0.3, -0.25) is 4.79 Å². The van der Waals surface area contributed by atoms with Crippen LogP contribution in [0.15, 0.2) is 91.1 Å². The fraction of sp³-hybridized carbons (Fsp3) is 0.138. The maximum Gasteiger partial charge on any atom is 0.433 e. The Balaban J connectivity index is 1.45. The first-order chi connectivity index (χ1) is 18.9. The molecule has 2 aromatic heterocycles. The van der Waals surface area contributed by atoms with Crippen LogP contribution in [-0.4, -0.2) is 32.2 Å². The Bertz CT molecular complexity index is 1610. The number of amides is 1. The molecule has 0 atom stereocenters. The summed E-state index contributed by atoms with van der Waals surface area (Å²) in [5, 5.41) is 3.94. The van der Waals surface area contributed by atoms with Crippen LogP contribution in [0.5, 0.6) is 11.5 Å². The standard InChI is InChI=1S/C29H21F3N4O3/c30-29(31,32)26-14-23(21-11-12-24-25(13-21)39-18-38-24)34-27-22(15-33-36(26)27)28(37)35(16-19-7-3-1-4-8-19)17-20-9-5-2-6-10-20/h1-15H,16-18H2. The highest BCUT2D eigenvalue weighted by atomic mass is 19.4. The second kappa shape index (κ2) is 9.79. The maximum absolute atomic E-state index is 14.1. The number of nitrogens with zero attached hydrogens (tertiary/aromatic N) is 4. The van der Waals surface area contributed by atoms with Gasteiger partial charge in [-0.1, -0.05) is 60.7 Å². The second-order valence-corrected chi connectivity index (χ2v) is 9.02. The molecule has 10 heteroatoms. The van der Waals surface area contributed by atoms with Crippen LogP contribution < -0.4 is 9.47 Å². The van der Waals surface area contributed by atoms with Gasteiger partial charge in [0.15, 0.2) is 22.8 Å². The van der Waals surface area contributed by atoms with Crippen molar-refractivity contribution in [1.29, 1.82) is 0 Å². The molecular formula is C29H21F3N4O3. The van der Waals surface area contributed by atoms with Crippen molar-refractivity contribution in [2.24, 2.45) is 0 Å². The van der Waals surface area contributed by atoms with E-state index in [1.54, 1.807) is 23.1 Å². The Morgan fingerprint density at radius 1 is 0.872 bits per heavy atom. The van der Waals surface area contributed by atoms with Crippen molar-refractivity contribution in [2.45, 2.75) is 19.3 Å². The van der Waals surface area contributed by atoms with Crippen molar-refractivity contribution in [3.8, 4) is 22.8 Å². The van der Waals surface area contributed by atoms with Crippen LogP contribution in [0.25, 0.3) is 16.9 Å². The highest BCUT2D eigenvalue weighted by molar-refractivity contribution is 6.00. The molecule has 3 heterocycles. The zero-order valence-electron chi connectivity index (χ0n) is 20.4. The SMILES string of the molecule is O=C(c1cnn2c(C(F)(F)F)cc(-c3ccc4c(c3)OCO4)nc12)N(Cc1ccccc1)Cc1ccccc1. The smallest absolute Gasteiger partial charge is 0.433 e. The number of halogens is 3. The van der Waals surface area contributed by atoms with E-state index < -0.39 is 17.8 Å². The van der Waals surface area contributed by atoms with Crippen molar-refractivity contribution in [3.05, 3.63) is 114 Å². The van der Waals surface area contributed by atoms with E-state index >= 15 is 0 Å². The molecule has 0 saturated heterocycles. The van der Waals surface area contributed by atoms with Crippen LogP contribution in [0.4, 0.5) is 13.2 Å². The molecule has 1 amide bonds. The number of rotatable bonds is 6. The number of benzene rings is 3. The van der Waals surface area contributed by atoms with E-state index in [0.717, 1.165) is 23.4 Å². The lowest BCUT2D eigenvalue weighted by Gasteiger charge is -2.23. The van der Waals surface area contributed by atoms with Crippen LogP contribution in [-0.2, 0) is 19.3 Å². The third-order valence-corrected chi connectivity index (χ3v) is 6.38. The predicted molar refractivity (Wildman–Crippen MR) is 136 cm³/mol. The van der Waals surface area contributed by atoms with Gasteiger partial charge in [0.25, 0.3) is 5.91 Å². The van der Waals surface area contributed by atoms with Crippen LogP contribution >= 0.6 is 0 Å². The van der Waals surface area contributed by atoms with Crippen molar-refractivity contribution >= 4 is 11.6 Å². The molecule has 0 radical (unpaired) electrons. The number of fused-ring (bicyclic) bond motifs is 2. The van der Waals surface area contributed by atoms with Gasteiger partial charge in [0.1, 0.15) is 5.56 Å². The number of ether oxygens (including phenoxy) is 2. The fourth-order valence-electron chi connectivity index (χ4n) is 4.50. The van der Waals surface area contributed by atoms with Crippen molar-refractivity contribution in [1.82, 2.24) is 19.5 Å². The maximum atomic E-state index is 14.1. The van der Waals surface area contributed by atoms with Gasteiger partial charge in [0, 0.05) is 18.7 Å². The first-order valence-electron chi connectivity index (χ1n) is 12.1. The molecule has 0 saturated carbocycles. The largest absolute Gasteiger partial charge is 0.454 e. The number of carbonyl (C=O) groups excluding carboxylic acids is 1. The topological polar surface area (TPSA) is 69.0 Å². The summed E-state index contributed by atoms with van der Waals surface area (Å²) in [6.07, 6.45) is -3.60. The van der Waals surface area contributed by atoms with E-state index in [1.807, 2.05) is 60.7 Å². The monoisotopic (exact) mass is 530 g/mol. The summed E-state index contributed by atoms with van der Waals surface area (Å²) >= 11 is 0. The van der Waals surface area contributed by atoms with Gasteiger partial charge >= 0.3 is 6.18 Å². The highest BCUT2D eigenvalue weighted by Gasteiger charge is 2.36. The van der Waals surface area contributed by atoms with Crippen LogP contribution in [0, 0.1) is 0 Å². The Kier molecular flexibility index (Phi) is 6.14. The second-order valence-electron chi connectivity index (χ2n) is 9.02. The molecule has 0 aliphatic carbocycles. The number of alkyl halides is 3. The number of aromatic nitrogens is 3. The Morgan fingerprint density at radius 3 is 2.15 bits per heavy atom. The minimum absolute atomic E-state index is 0.0268. The molecule has 196 valence electrons. The molecule has 0 unspecified atom stereocenters. The van der Waals surface area contributed by atoms with E-state index in [2.05, 4.69) is 10.1 Å². The van der Waals surface area contributed by atoms with Gasteiger partial charge < -0.3 is 14.4 Å². The summed E-state index contributed by atoms with van der Waals surface area (Å²) in [5.41, 5.74) is 0.907. The van der Waals surface area contributed by atoms with E-state index in [9.17, 15) is 18.0 Å². The molecule has 5 aromatic rings. The van der Waals surface area contributed by atoms with E-state index in [-0.39, 0.29) is 36.8 Å². The molecule has 3 aromatic carbocycles. The van der Waals surface area contributed by atoms with Gasteiger partial charge in [-0.2, -0.15) is 18.3 Å². The van der Waals surface area contributed by atoms with Crippen LogP contribution in [0.3, 0.4) is 0 Å². The Labute approximate surface area is 221 Å². The van der Waals surface area contributed by atoms with E-state index in [0.29, 0.717) is 21.6 Å². The zero-order valence-corrected chi connectivity index (χ0v) is 20.4. The third kappa shape index (κ3) is 4.88. The highest BCUT2D eigenvalue weighted by Crippen LogP contribution is 2.38. The predicted octanol–water partition coefficient (Wildman–Crippen LogP) is 5.99. The lowest BCUT2D eigenvalue weighted by molar-refractivity contribution is -0.142. The zero-order chi connectivity index (χ0) is 27.0. The quantitative estimate of drug-likeness (QED) is 0.270. The molecular weight excluding hydrogens is 509 g/mol. The van der Waals surface area contributed by atoms with Crippen LogP contribution in [0.1, 0.15) is 27.2 Å². The number of hydrogen-bond donors (Lipinski definition) is 0. The normalized spacial score (nSPS) is 12.6. The summed E-state index contributed by atoms with van der Waals surface area (Å²) < 4.78 is 53.8. The third-order valence-electron chi connectivity index (χ3n) is 6.38. The molecule has 39 heavy (non-hydrogen) atoms. The summed E-state index contributed by atoms with van der Waals surface area (Å²) in [5.74, 6) is 0.416. The van der Waals surface area contributed by atoms with E-state index in [1.165, 1.54) is 0 Å². The van der Waals surface area contributed by atoms with Crippen molar-refractivity contribution in [3.63, 3.8) is 0 Å². The first kappa shape index (κ1) is 24.5. The molecule has 0 N–H and O–H groups in total. The lowest BCUT2D eigenvalue weighted by atomic mass is 10.1. The van der Waals surface area contributed by atoms with Crippen LogP contribution in [0.2, 0.25) is 0 Å². The molecule has 0 spiro atoms. The van der Waals surface area contributed by atoms with Crippen molar-refractivity contribution < 1.29 is 27.4 Å². The van der Waals surface area contributed by atoms with Gasteiger partial charge in [-0.25, -0.2) is 9.50 Å². The summed E-state index contributed by atoms with van der Waals surface area (Å²) in [4.78, 5) is 20.0. The Hall–Kier alpha value is -4.86. The summed E-state index contributed by atoms with van der Waals surface area (Å²) in [7, 11) is 0. The minimum atomic E-state index is -4.74. The Morgan fingerprint density at radius 2 is 1.51 bits per heavy atom. The number of carbonyl (C=O) groups is 1. The average Bonchev–Trinajstić information content (AvgIpc) is 3.59. The average molecular weight is 531 g/mol. The molecule has 0 bridgehead atoms. The molecule has 1 aliphatic heterocycles. The van der Waals surface area contributed by atoms with Gasteiger partial charge in [0.05, 0.1) is 11.9 Å². The number of hydrogen-bond acceptors (Lipinski definition) is 5. The molecule has 0 fully saturated rings. The summed E-state index contributed by atoms with van der Waals surface area (Å²) in [6, 6.07) is 24.5. The lowest BCUT2D eigenvalue weighted by Crippen LogP contribution is -2.30. The minimum Gasteiger partial charge on any atom is -0.454 e. The molecule has 6 rings (SSSR count). The first-order valence-corrected chi connectivity index (χ1v) is 12.1. The van der Waals surface area contributed by atoms with Gasteiger partial charge in [-0.05, 0) is 35.4 Å². The van der Waals surface area contributed by atoms with E-state index in [4.69, 9.17) is 9.47 Å². The summed E-state index contributed by atoms with van der Waals surface area (Å²) in [6.45, 7) is 0.527. The molecule has 7 nitrogen and oxygen atoms in total. The van der Waals surface area contributed by atoms with Gasteiger partial charge in [0.2, 0.25) is 6.79 Å².